The molecule has 4 rings (SSSR count). The van der Waals surface area contributed by atoms with Gasteiger partial charge in [0.1, 0.15) is 6.54 Å². The van der Waals surface area contributed by atoms with Crippen molar-refractivity contribution in [2.75, 3.05) is 40.4 Å². The summed E-state index contributed by atoms with van der Waals surface area (Å²) >= 11 is 0. The lowest BCUT2D eigenvalue weighted by molar-refractivity contribution is -0.133. The number of ether oxygens (including phenoxy) is 2. The van der Waals surface area contributed by atoms with E-state index in [1.54, 1.807) is 25.0 Å². The molecule has 0 unspecified atom stereocenters. The average molecular weight is 422 g/mol. The van der Waals surface area contributed by atoms with Crippen LogP contribution in [0.2, 0.25) is 0 Å². The van der Waals surface area contributed by atoms with Crippen molar-refractivity contribution in [3.8, 4) is 11.5 Å². The summed E-state index contributed by atoms with van der Waals surface area (Å²) in [7, 11) is 3.26. The fourth-order valence-corrected chi connectivity index (χ4v) is 3.91. The van der Waals surface area contributed by atoms with Crippen LogP contribution in [-0.2, 0) is 17.9 Å². The van der Waals surface area contributed by atoms with Crippen molar-refractivity contribution >= 4 is 16.8 Å². The van der Waals surface area contributed by atoms with Gasteiger partial charge in [0.25, 0.3) is 0 Å². The van der Waals surface area contributed by atoms with Gasteiger partial charge in [-0.05, 0) is 29.8 Å². The summed E-state index contributed by atoms with van der Waals surface area (Å²) in [6.45, 7) is 3.80. The molecule has 1 saturated heterocycles. The molecule has 0 N–H and O–H groups in total. The summed E-state index contributed by atoms with van der Waals surface area (Å²) < 4.78 is 12.3. The van der Waals surface area contributed by atoms with Crippen molar-refractivity contribution < 1.29 is 14.3 Å². The monoisotopic (exact) mass is 422 g/mol. The first-order chi connectivity index (χ1) is 15.1. The molecule has 0 atom stereocenters. The number of hydrogen-bond acceptors (Lipinski definition) is 6. The predicted octanol–water partition coefficient (Wildman–Crippen LogP) is 1.76. The molecule has 1 aliphatic heterocycles. The number of benzene rings is 2. The Morgan fingerprint density at radius 2 is 1.74 bits per heavy atom. The highest BCUT2D eigenvalue weighted by molar-refractivity contribution is 5.81. The molecule has 8 heteroatoms. The first kappa shape index (κ1) is 20.9. The van der Waals surface area contributed by atoms with E-state index in [4.69, 9.17) is 9.47 Å². The SMILES string of the molecule is COc1ccc(CN2CCN(C(=O)Cn3ncc(=O)c4ccccc43)CC2)cc1OC. The summed E-state index contributed by atoms with van der Waals surface area (Å²) in [5.74, 6) is 1.44. The van der Waals surface area contributed by atoms with Gasteiger partial charge in [0.05, 0.1) is 25.9 Å². The molecule has 0 aliphatic carbocycles. The van der Waals surface area contributed by atoms with E-state index < -0.39 is 0 Å². The van der Waals surface area contributed by atoms with E-state index in [9.17, 15) is 9.59 Å². The van der Waals surface area contributed by atoms with Crippen LogP contribution in [0, 0.1) is 0 Å². The van der Waals surface area contributed by atoms with Crippen LogP contribution in [0.4, 0.5) is 0 Å². The number of carbonyl (C=O) groups is 1. The molecule has 1 amide bonds. The molecule has 0 bridgehead atoms. The van der Waals surface area contributed by atoms with E-state index in [-0.39, 0.29) is 17.9 Å². The van der Waals surface area contributed by atoms with Crippen LogP contribution < -0.4 is 14.9 Å². The quantitative estimate of drug-likeness (QED) is 0.603. The van der Waals surface area contributed by atoms with E-state index in [1.807, 2.05) is 41.3 Å². The van der Waals surface area contributed by atoms with Gasteiger partial charge in [-0.3, -0.25) is 19.2 Å². The molecular weight excluding hydrogens is 396 g/mol. The summed E-state index contributed by atoms with van der Waals surface area (Å²) in [5, 5.41) is 4.74. The number of methoxy groups -OCH3 is 2. The van der Waals surface area contributed by atoms with Crippen molar-refractivity contribution in [3.63, 3.8) is 0 Å². The highest BCUT2D eigenvalue weighted by Gasteiger charge is 2.22. The van der Waals surface area contributed by atoms with E-state index >= 15 is 0 Å². The van der Waals surface area contributed by atoms with Gasteiger partial charge in [-0.25, -0.2) is 0 Å². The number of amides is 1. The van der Waals surface area contributed by atoms with E-state index in [2.05, 4.69) is 10.00 Å². The third kappa shape index (κ3) is 4.54. The zero-order valence-electron chi connectivity index (χ0n) is 17.8. The van der Waals surface area contributed by atoms with Gasteiger partial charge >= 0.3 is 0 Å². The van der Waals surface area contributed by atoms with Gasteiger partial charge in [-0.2, -0.15) is 5.10 Å². The smallest absolute Gasteiger partial charge is 0.244 e. The molecule has 31 heavy (non-hydrogen) atoms. The Morgan fingerprint density at radius 1 is 1.00 bits per heavy atom. The number of piperazine rings is 1. The number of para-hydroxylation sites is 1. The van der Waals surface area contributed by atoms with Gasteiger partial charge < -0.3 is 14.4 Å². The van der Waals surface area contributed by atoms with Crippen LogP contribution in [0.25, 0.3) is 10.9 Å². The summed E-state index contributed by atoms with van der Waals surface area (Å²) in [4.78, 5) is 29.0. The Balaban J connectivity index is 1.36. The number of nitrogens with zero attached hydrogens (tertiary/aromatic N) is 4. The molecule has 2 aromatic carbocycles. The van der Waals surface area contributed by atoms with Gasteiger partial charge in [0.15, 0.2) is 11.5 Å². The molecule has 3 aromatic rings. The van der Waals surface area contributed by atoms with Crippen LogP contribution >= 0.6 is 0 Å². The summed E-state index contributed by atoms with van der Waals surface area (Å²) in [6.07, 6.45) is 1.27. The first-order valence-electron chi connectivity index (χ1n) is 10.2. The van der Waals surface area contributed by atoms with Crippen molar-refractivity contribution in [2.45, 2.75) is 13.1 Å². The molecule has 0 radical (unpaired) electrons. The maximum atomic E-state index is 12.9. The molecule has 162 valence electrons. The molecule has 2 heterocycles. The lowest BCUT2D eigenvalue weighted by atomic mass is 10.1. The van der Waals surface area contributed by atoms with Gasteiger partial charge in [0, 0.05) is 38.1 Å². The second kappa shape index (κ2) is 9.18. The fraction of sp³-hybridized carbons (Fsp3) is 0.348. The largest absolute Gasteiger partial charge is 0.493 e. The summed E-state index contributed by atoms with van der Waals surface area (Å²) in [5.41, 5.74) is 1.68. The Bertz CT molecular complexity index is 1140. The Labute approximate surface area is 180 Å². The van der Waals surface area contributed by atoms with Crippen molar-refractivity contribution in [2.24, 2.45) is 0 Å². The highest BCUT2D eigenvalue weighted by atomic mass is 16.5. The third-order valence-corrected chi connectivity index (χ3v) is 5.63. The second-order valence-corrected chi connectivity index (χ2v) is 7.53. The molecule has 1 fully saturated rings. The fourth-order valence-electron chi connectivity index (χ4n) is 3.91. The molecule has 8 nitrogen and oxygen atoms in total. The predicted molar refractivity (Wildman–Crippen MR) is 117 cm³/mol. The number of carbonyl (C=O) groups excluding carboxylic acids is 1. The normalized spacial score (nSPS) is 14.6. The van der Waals surface area contributed by atoms with Crippen LogP contribution in [0.15, 0.2) is 53.5 Å². The number of aromatic nitrogens is 2. The molecule has 1 aliphatic rings. The Kier molecular flexibility index (Phi) is 6.18. The van der Waals surface area contributed by atoms with E-state index in [0.29, 0.717) is 29.7 Å². The standard InChI is InChI=1S/C23H26N4O4/c1-30-21-8-7-17(13-22(21)31-2)15-25-9-11-26(12-10-25)23(29)16-27-19-6-4-3-5-18(19)20(28)14-24-27/h3-8,13-14H,9-12,15-16H2,1-2H3. The zero-order chi connectivity index (χ0) is 21.8. The average Bonchev–Trinajstić information content (AvgIpc) is 2.81. The highest BCUT2D eigenvalue weighted by Crippen LogP contribution is 2.28. The number of hydrogen-bond donors (Lipinski definition) is 0. The van der Waals surface area contributed by atoms with Gasteiger partial charge in [-0.15, -0.1) is 0 Å². The van der Waals surface area contributed by atoms with Crippen molar-refractivity contribution in [1.82, 2.24) is 19.6 Å². The van der Waals surface area contributed by atoms with Gasteiger partial charge in [-0.1, -0.05) is 18.2 Å². The molecule has 0 spiro atoms. The summed E-state index contributed by atoms with van der Waals surface area (Å²) in [6, 6.07) is 13.2. The first-order valence-corrected chi connectivity index (χ1v) is 10.2. The van der Waals surface area contributed by atoms with Crippen LogP contribution in [0.1, 0.15) is 5.56 Å². The maximum Gasteiger partial charge on any atom is 0.244 e. The number of rotatable bonds is 6. The van der Waals surface area contributed by atoms with E-state index in [0.717, 1.165) is 30.9 Å². The zero-order valence-corrected chi connectivity index (χ0v) is 17.8. The minimum atomic E-state index is -0.136. The van der Waals surface area contributed by atoms with Gasteiger partial charge in [0.2, 0.25) is 11.3 Å². The van der Waals surface area contributed by atoms with Crippen LogP contribution in [-0.4, -0.2) is 65.9 Å². The third-order valence-electron chi connectivity index (χ3n) is 5.63. The minimum absolute atomic E-state index is 0.00655. The molecular formula is C23H26N4O4. The Hall–Kier alpha value is -3.39. The van der Waals surface area contributed by atoms with E-state index in [1.165, 1.54) is 6.20 Å². The Morgan fingerprint density at radius 3 is 2.48 bits per heavy atom. The van der Waals surface area contributed by atoms with Crippen LogP contribution in [0.3, 0.4) is 0 Å². The second-order valence-electron chi connectivity index (χ2n) is 7.53. The lowest BCUT2D eigenvalue weighted by Gasteiger charge is -2.35. The van der Waals surface area contributed by atoms with Crippen molar-refractivity contribution in [1.29, 1.82) is 0 Å². The van der Waals surface area contributed by atoms with Crippen molar-refractivity contribution in [3.05, 3.63) is 64.4 Å². The maximum absolute atomic E-state index is 12.9. The topological polar surface area (TPSA) is 76.9 Å². The lowest BCUT2D eigenvalue weighted by Crippen LogP contribution is -2.49. The minimum Gasteiger partial charge on any atom is -0.493 e. The molecule has 0 saturated carbocycles. The number of fused-ring (bicyclic) bond motifs is 1. The van der Waals surface area contributed by atoms with Crippen LogP contribution in [0.5, 0.6) is 11.5 Å². The molecule has 1 aromatic heterocycles.